The molecule has 2 amide bonds. The van der Waals surface area contributed by atoms with E-state index in [-0.39, 0.29) is 17.7 Å². The summed E-state index contributed by atoms with van der Waals surface area (Å²) in [7, 11) is 0. The van der Waals surface area contributed by atoms with Gasteiger partial charge in [0.25, 0.3) is 5.91 Å². The molecule has 0 spiro atoms. The Hall–Kier alpha value is -3.60. The summed E-state index contributed by atoms with van der Waals surface area (Å²) < 4.78 is 5.80. The van der Waals surface area contributed by atoms with Crippen molar-refractivity contribution in [3.63, 3.8) is 0 Å². The van der Waals surface area contributed by atoms with E-state index >= 15 is 0 Å². The normalized spacial score (nSPS) is 12.8. The second-order valence-corrected chi connectivity index (χ2v) is 7.06. The predicted molar refractivity (Wildman–Crippen MR) is 113 cm³/mol. The van der Waals surface area contributed by atoms with Crippen LogP contribution in [0.1, 0.15) is 28.8 Å². The van der Waals surface area contributed by atoms with E-state index in [2.05, 4.69) is 10.6 Å². The number of amides is 2. The summed E-state index contributed by atoms with van der Waals surface area (Å²) in [5, 5.41) is 5.81. The average Bonchev–Trinajstić information content (AvgIpc) is 3.59. The number of carbonyl (C=O) groups excluding carboxylic acids is 2. The largest absolute Gasteiger partial charge is 0.489 e. The van der Waals surface area contributed by atoms with Gasteiger partial charge in [0.1, 0.15) is 12.4 Å². The first kappa shape index (κ1) is 18.7. The number of anilines is 2. The summed E-state index contributed by atoms with van der Waals surface area (Å²) in [6.45, 7) is 0.297. The van der Waals surface area contributed by atoms with E-state index in [0.29, 0.717) is 23.5 Å². The Morgan fingerprint density at radius 2 is 1.52 bits per heavy atom. The van der Waals surface area contributed by atoms with E-state index in [9.17, 15) is 9.59 Å². The van der Waals surface area contributed by atoms with Crippen LogP contribution in [-0.4, -0.2) is 11.8 Å². The number of benzene rings is 3. The van der Waals surface area contributed by atoms with Crippen LogP contribution in [0, 0.1) is 5.92 Å². The highest BCUT2D eigenvalue weighted by molar-refractivity contribution is 6.05. The van der Waals surface area contributed by atoms with E-state index in [1.54, 1.807) is 18.2 Å². The molecule has 0 bridgehead atoms. The standard InChI is InChI=1S/C24H22N2O3/c27-23(17-13-14-17)25-19-8-6-9-20(15-19)26-24(28)22-12-5-4-7-18(22)16-29-21-10-2-1-3-11-21/h1-12,15,17H,13-14,16H2,(H,25,27)(H,26,28). The van der Waals surface area contributed by atoms with Gasteiger partial charge in [0.2, 0.25) is 5.91 Å². The molecular weight excluding hydrogens is 364 g/mol. The third-order valence-electron chi connectivity index (χ3n) is 4.74. The molecule has 3 aromatic rings. The lowest BCUT2D eigenvalue weighted by molar-refractivity contribution is -0.117. The van der Waals surface area contributed by atoms with Crippen molar-refractivity contribution in [3.8, 4) is 5.75 Å². The summed E-state index contributed by atoms with van der Waals surface area (Å²) in [6, 6.07) is 24.0. The Balaban J connectivity index is 1.44. The fourth-order valence-corrected chi connectivity index (χ4v) is 3.01. The lowest BCUT2D eigenvalue weighted by Gasteiger charge is -2.12. The first-order valence-corrected chi connectivity index (χ1v) is 9.67. The van der Waals surface area contributed by atoms with Crippen molar-refractivity contribution in [1.29, 1.82) is 0 Å². The Kier molecular flexibility index (Phi) is 5.56. The Morgan fingerprint density at radius 1 is 0.828 bits per heavy atom. The molecule has 4 rings (SSSR count). The van der Waals surface area contributed by atoms with Gasteiger partial charge in [-0.05, 0) is 49.2 Å². The van der Waals surface area contributed by atoms with Crippen LogP contribution in [0.5, 0.6) is 5.75 Å². The Morgan fingerprint density at radius 3 is 2.28 bits per heavy atom. The highest BCUT2D eigenvalue weighted by atomic mass is 16.5. The van der Waals surface area contributed by atoms with Gasteiger partial charge in [0.15, 0.2) is 0 Å². The highest BCUT2D eigenvalue weighted by Gasteiger charge is 2.29. The third-order valence-corrected chi connectivity index (χ3v) is 4.74. The maximum absolute atomic E-state index is 12.8. The molecule has 5 heteroatoms. The molecule has 0 radical (unpaired) electrons. The minimum atomic E-state index is -0.220. The lowest BCUT2D eigenvalue weighted by atomic mass is 10.1. The topological polar surface area (TPSA) is 67.4 Å². The molecule has 3 aromatic carbocycles. The number of rotatable bonds is 7. The van der Waals surface area contributed by atoms with Crippen molar-refractivity contribution < 1.29 is 14.3 Å². The fraction of sp³-hybridized carbons (Fsp3) is 0.167. The van der Waals surface area contributed by atoms with Crippen molar-refractivity contribution >= 4 is 23.2 Å². The third kappa shape index (κ3) is 5.02. The average molecular weight is 386 g/mol. The molecule has 0 aliphatic heterocycles. The summed E-state index contributed by atoms with van der Waals surface area (Å²) in [5.41, 5.74) is 2.66. The SMILES string of the molecule is O=C(Nc1cccc(NC(=O)C2CC2)c1)c1ccccc1COc1ccccc1. The number of ether oxygens (including phenoxy) is 1. The molecule has 2 N–H and O–H groups in total. The second-order valence-electron chi connectivity index (χ2n) is 7.06. The quantitative estimate of drug-likeness (QED) is 0.609. The van der Waals surface area contributed by atoms with E-state index in [0.717, 1.165) is 24.2 Å². The number of hydrogen-bond donors (Lipinski definition) is 2. The second kappa shape index (κ2) is 8.61. The van der Waals surface area contributed by atoms with Crippen molar-refractivity contribution in [1.82, 2.24) is 0 Å². The minimum absolute atomic E-state index is 0.0388. The Bertz CT molecular complexity index is 1010. The van der Waals surface area contributed by atoms with E-state index in [1.807, 2.05) is 60.7 Å². The van der Waals surface area contributed by atoms with Crippen molar-refractivity contribution in [2.24, 2.45) is 5.92 Å². The Labute approximate surface area is 169 Å². The summed E-state index contributed by atoms with van der Waals surface area (Å²) >= 11 is 0. The van der Waals surface area contributed by atoms with Gasteiger partial charge in [-0.3, -0.25) is 9.59 Å². The van der Waals surface area contributed by atoms with E-state index in [1.165, 1.54) is 0 Å². The maximum Gasteiger partial charge on any atom is 0.256 e. The highest BCUT2D eigenvalue weighted by Crippen LogP contribution is 2.30. The molecule has 0 saturated heterocycles. The zero-order valence-electron chi connectivity index (χ0n) is 15.9. The van der Waals surface area contributed by atoms with Crippen LogP contribution in [-0.2, 0) is 11.4 Å². The summed E-state index contributed by atoms with van der Waals surface area (Å²) in [4.78, 5) is 24.8. The first-order chi connectivity index (χ1) is 14.2. The van der Waals surface area contributed by atoms with Crippen LogP contribution < -0.4 is 15.4 Å². The zero-order valence-corrected chi connectivity index (χ0v) is 15.9. The van der Waals surface area contributed by atoms with Gasteiger partial charge in [-0.1, -0.05) is 42.5 Å². The number of carbonyl (C=O) groups is 2. The molecule has 0 heterocycles. The van der Waals surface area contributed by atoms with Crippen molar-refractivity contribution in [3.05, 3.63) is 90.0 Å². The molecule has 0 aromatic heterocycles. The predicted octanol–water partition coefficient (Wildman–Crippen LogP) is 4.87. The fourth-order valence-electron chi connectivity index (χ4n) is 3.01. The van der Waals surface area contributed by atoms with Crippen molar-refractivity contribution in [2.75, 3.05) is 10.6 Å². The van der Waals surface area contributed by atoms with Crippen LogP contribution in [0.2, 0.25) is 0 Å². The van der Waals surface area contributed by atoms with Gasteiger partial charge in [0.05, 0.1) is 0 Å². The molecule has 1 aliphatic carbocycles. The molecule has 1 saturated carbocycles. The molecule has 29 heavy (non-hydrogen) atoms. The lowest BCUT2D eigenvalue weighted by Crippen LogP contribution is -2.16. The molecule has 0 unspecified atom stereocenters. The van der Waals surface area contributed by atoms with E-state index in [4.69, 9.17) is 4.74 Å². The van der Waals surface area contributed by atoms with Crippen LogP contribution >= 0.6 is 0 Å². The number of para-hydroxylation sites is 1. The van der Waals surface area contributed by atoms with Gasteiger partial charge in [-0.25, -0.2) is 0 Å². The molecule has 1 fully saturated rings. The summed E-state index contributed by atoms with van der Waals surface area (Å²) in [5.74, 6) is 0.700. The monoisotopic (exact) mass is 386 g/mol. The van der Waals surface area contributed by atoms with Crippen LogP contribution in [0.4, 0.5) is 11.4 Å². The van der Waals surface area contributed by atoms with Crippen molar-refractivity contribution in [2.45, 2.75) is 19.4 Å². The molecule has 5 nitrogen and oxygen atoms in total. The summed E-state index contributed by atoms with van der Waals surface area (Å²) in [6.07, 6.45) is 1.90. The first-order valence-electron chi connectivity index (χ1n) is 9.67. The molecule has 146 valence electrons. The van der Waals surface area contributed by atoms with Gasteiger partial charge in [-0.2, -0.15) is 0 Å². The molecule has 1 aliphatic rings. The number of hydrogen-bond acceptors (Lipinski definition) is 3. The molecule has 0 atom stereocenters. The van der Waals surface area contributed by atoms with Gasteiger partial charge in [0, 0.05) is 28.4 Å². The van der Waals surface area contributed by atoms with Gasteiger partial charge >= 0.3 is 0 Å². The molecular formula is C24H22N2O3. The van der Waals surface area contributed by atoms with Crippen LogP contribution in [0.3, 0.4) is 0 Å². The van der Waals surface area contributed by atoms with E-state index < -0.39 is 0 Å². The van der Waals surface area contributed by atoms with Crippen LogP contribution in [0.15, 0.2) is 78.9 Å². The minimum Gasteiger partial charge on any atom is -0.489 e. The zero-order chi connectivity index (χ0) is 20.1. The van der Waals surface area contributed by atoms with Gasteiger partial charge < -0.3 is 15.4 Å². The maximum atomic E-state index is 12.8. The van der Waals surface area contributed by atoms with Crippen LogP contribution in [0.25, 0.3) is 0 Å². The van der Waals surface area contributed by atoms with Gasteiger partial charge in [-0.15, -0.1) is 0 Å². The number of nitrogens with one attached hydrogen (secondary N) is 2. The smallest absolute Gasteiger partial charge is 0.256 e.